The van der Waals surface area contributed by atoms with Crippen LogP contribution in [0.5, 0.6) is 0 Å². The number of ether oxygens (including phenoxy) is 1. The van der Waals surface area contributed by atoms with E-state index in [4.69, 9.17) is 27.9 Å². The van der Waals surface area contributed by atoms with Gasteiger partial charge in [0.15, 0.2) is 0 Å². The SMILES string of the molecule is O=C(CC1NC(=O)NC1=O)NC[C@H]1CN(Cc2ccc(Cl)c(Cl)c2)CCO1. The molecule has 0 saturated carbocycles. The van der Waals surface area contributed by atoms with Crippen molar-refractivity contribution in [1.82, 2.24) is 20.9 Å². The third-order valence-electron chi connectivity index (χ3n) is 4.39. The average Bonchev–Trinajstić information content (AvgIpc) is 2.94. The quantitative estimate of drug-likeness (QED) is 0.600. The standard InChI is InChI=1S/C17H20Cl2N4O4/c18-12-2-1-10(5-13(12)19)8-23-3-4-27-11(9-23)7-20-15(24)6-14-16(25)22-17(26)21-14/h1-2,5,11,14H,3-4,6-9H2,(H,20,24)(H2,21,22,25,26)/t11-,14?/m0/s1. The summed E-state index contributed by atoms with van der Waals surface area (Å²) in [4.78, 5) is 36.7. The lowest BCUT2D eigenvalue weighted by molar-refractivity contribution is -0.127. The molecule has 2 heterocycles. The van der Waals surface area contributed by atoms with Crippen molar-refractivity contribution in [2.24, 2.45) is 0 Å². The largest absolute Gasteiger partial charge is 0.374 e. The van der Waals surface area contributed by atoms with Crippen LogP contribution in [0.3, 0.4) is 0 Å². The molecule has 146 valence electrons. The summed E-state index contributed by atoms with van der Waals surface area (Å²) in [6, 6.07) is 4.15. The highest BCUT2D eigenvalue weighted by atomic mass is 35.5. The smallest absolute Gasteiger partial charge is 0.322 e. The molecule has 0 spiro atoms. The van der Waals surface area contributed by atoms with Crippen molar-refractivity contribution < 1.29 is 19.1 Å². The van der Waals surface area contributed by atoms with Crippen LogP contribution in [0.2, 0.25) is 10.0 Å². The molecule has 2 aliphatic rings. The number of carbonyl (C=O) groups excluding carboxylic acids is 3. The normalized spacial score (nSPS) is 23.0. The van der Waals surface area contributed by atoms with Crippen LogP contribution in [0.4, 0.5) is 4.79 Å². The average molecular weight is 415 g/mol. The summed E-state index contributed by atoms with van der Waals surface area (Å²) in [7, 11) is 0. The number of carbonyl (C=O) groups is 3. The maximum atomic E-state index is 12.0. The van der Waals surface area contributed by atoms with Crippen molar-refractivity contribution in [2.45, 2.75) is 25.1 Å². The van der Waals surface area contributed by atoms with Gasteiger partial charge < -0.3 is 15.4 Å². The molecule has 1 unspecified atom stereocenters. The van der Waals surface area contributed by atoms with Gasteiger partial charge in [0, 0.05) is 26.2 Å². The lowest BCUT2D eigenvalue weighted by Crippen LogP contribution is -2.47. The van der Waals surface area contributed by atoms with Crippen LogP contribution in [-0.2, 0) is 20.9 Å². The zero-order valence-corrected chi connectivity index (χ0v) is 16.0. The van der Waals surface area contributed by atoms with E-state index in [0.29, 0.717) is 36.3 Å². The molecule has 3 N–H and O–H groups in total. The molecule has 0 aromatic heterocycles. The molecule has 27 heavy (non-hydrogen) atoms. The second-order valence-electron chi connectivity index (χ2n) is 6.50. The van der Waals surface area contributed by atoms with E-state index in [1.165, 1.54) is 0 Å². The predicted molar refractivity (Wildman–Crippen MR) is 99.6 cm³/mol. The number of nitrogens with zero attached hydrogens (tertiary/aromatic N) is 1. The fourth-order valence-corrected chi connectivity index (χ4v) is 3.35. The maximum Gasteiger partial charge on any atom is 0.322 e. The van der Waals surface area contributed by atoms with Gasteiger partial charge in [-0.05, 0) is 17.7 Å². The van der Waals surface area contributed by atoms with Gasteiger partial charge in [0.05, 0.1) is 29.2 Å². The first-order chi connectivity index (χ1) is 12.9. The van der Waals surface area contributed by atoms with E-state index in [2.05, 4.69) is 20.9 Å². The van der Waals surface area contributed by atoms with Crippen LogP contribution in [0, 0.1) is 0 Å². The van der Waals surface area contributed by atoms with Gasteiger partial charge >= 0.3 is 6.03 Å². The van der Waals surface area contributed by atoms with Crippen molar-refractivity contribution in [3.8, 4) is 0 Å². The highest BCUT2D eigenvalue weighted by molar-refractivity contribution is 6.42. The van der Waals surface area contributed by atoms with E-state index in [1.807, 2.05) is 12.1 Å². The minimum Gasteiger partial charge on any atom is -0.374 e. The van der Waals surface area contributed by atoms with Gasteiger partial charge in [-0.25, -0.2) is 4.79 Å². The Kier molecular flexibility index (Phi) is 6.54. The van der Waals surface area contributed by atoms with Gasteiger partial charge in [0.25, 0.3) is 5.91 Å². The number of morpholine rings is 1. The summed E-state index contributed by atoms with van der Waals surface area (Å²) >= 11 is 12.0. The molecule has 0 bridgehead atoms. The molecule has 4 amide bonds. The molecule has 1 aromatic carbocycles. The number of hydrogen-bond donors (Lipinski definition) is 3. The minimum atomic E-state index is -0.823. The van der Waals surface area contributed by atoms with Gasteiger partial charge in [0.2, 0.25) is 5.91 Å². The van der Waals surface area contributed by atoms with Crippen LogP contribution in [0.15, 0.2) is 18.2 Å². The molecule has 3 rings (SSSR count). The first-order valence-corrected chi connectivity index (χ1v) is 9.32. The molecule has 0 radical (unpaired) electrons. The molecular formula is C17H20Cl2N4O4. The summed E-state index contributed by atoms with van der Waals surface area (Å²) in [6.45, 7) is 3.03. The van der Waals surface area contributed by atoms with Crippen LogP contribution in [0.25, 0.3) is 0 Å². The van der Waals surface area contributed by atoms with E-state index < -0.39 is 18.0 Å². The highest BCUT2D eigenvalue weighted by Crippen LogP contribution is 2.23. The molecule has 1 aromatic rings. The first-order valence-electron chi connectivity index (χ1n) is 8.56. The van der Waals surface area contributed by atoms with Crippen LogP contribution >= 0.6 is 23.2 Å². The molecule has 2 saturated heterocycles. The number of amides is 4. The Labute approximate surface area is 166 Å². The van der Waals surface area contributed by atoms with Crippen LogP contribution in [-0.4, -0.2) is 61.1 Å². The fraction of sp³-hybridized carbons (Fsp3) is 0.471. The van der Waals surface area contributed by atoms with Crippen molar-refractivity contribution >= 4 is 41.0 Å². The summed E-state index contributed by atoms with van der Waals surface area (Å²) in [5.74, 6) is -0.806. The summed E-state index contributed by atoms with van der Waals surface area (Å²) in [5.41, 5.74) is 1.05. The molecule has 10 heteroatoms. The maximum absolute atomic E-state index is 12.0. The van der Waals surface area contributed by atoms with E-state index in [1.54, 1.807) is 6.07 Å². The number of hydrogen-bond acceptors (Lipinski definition) is 5. The Morgan fingerprint density at radius 1 is 1.30 bits per heavy atom. The van der Waals surface area contributed by atoms with E-state index in [9.17, 15) is 14.4 Å². The summed E-state index contributed by atoms with van der Waals surface area (Å²) in [6.07, 6.45) is -0.255. The van der Waals surface area contributed by atoms with E-state index in [-0.39, 0.29) is 18.4 Å². The number of benzene rings is 1. The zero-order chi connectivity index (χ0) is 19.4. The molecule has 8 nitrogen and oxygen atoms in total. The number of nitrogens with one attached hydrogen (secondary N) is 3. The lowest BCUT2D eigenvalue weighted by atomic mass is 10.1. The topological polar surface area (TPSA) is 99.8 Å². The van der Waals surface area contributed by atoms with Gasteiger partial charge in [-0.2, -0.15) is 0 Å². The second kappa shape index (κ2) is 8.88. The molecular weight excluding hydrogens is 395 g/mol. The first kappa shape index (κ1) is 19.9. The van der Waals surface area contributed by atoms with Crippen LogP contribution in [0.1, 0.15) is 12.0 Å². The Balaban J connectivity index is 1.44. The third kappa shape index (κ3) is 5.55. The molecule has 0 aliphatic carbocycles. The van der Waals surface area contributed by atoms with Crippen molar-refractivity contribution in [3.63, 3.8) is 0 Å². The van der Waals surface area contributed by atoms with Crippen molar-refractivity contribution in [3.05, 3.63) is 33.8 Å². The monoisotopic (exact) mass is 414 g/mol. The second-order valence-corrected chi connectivity index (χ2v) is 7.31. The van der Waals surface area contributed by atoms with Gasteiger partial charge in [0.1, 0.15) is 6.04 Å². The number of halogens is 2. The lowest BCUT2D eigenvalue weighted by Gasteiger charge is -2.33. The number of rotatable bonds is 6. The van der Waals surface area contributed by atoms with Gasteiger partial charge in [-0.3, -0.25) is 19.8 Å². The summed E-state index contributed by atoms with van der Waals surface area (Å²) < 4.78 is 5.69. The molecule has 2 atom stereocenters. The van der Waals surface area contributed by atoms with Gasteiger partial charge in [-0.15, -0.1) is 0 Å². The Morgan fingerprint density at radius 2 is 2.11 bits per heavy atom. The van der Waals surface area contributed by atoms with E-state index >= 15 is 0 Å². The zero-order valence-electron chi connectivity index (χ0n) is 14.5. The summed E-state index contributed by atoms with van der Waals surface area (Å²) in [5, 5.41) is 8.29. The van der Waals surface area contributed by atoms with Crippen molar-refractivity contribution in [1.29, 1.82) is 0 Å². The fourth-order valence-electron chi connectivity index (χ4n) is 3.03. The van der Waals surface area contributed by atoms with E-state index in [0.717, 1.165) is 12.1 Å². The Hall–Kier alpha value is -1.87. The third-order valence-corrected chi connectivity index (χ3v) is 5.13. The number of urea groups is 1. The number of imide groups is 1. The molecule has 2 aliphatic heterocycles. The van der Waals surface area contributed by atoms with Gasteiger partial charge in [-0.1, -0.05) is 29.3 Å². The van der Waals surface area contributed by atoms with Crippen molar-refractivity contribution in [2.75, 3.05) is 26.2 Å². The Bertz CT molecular complexity index is 746. The Morgan fingerprint density at radius 3 is 2.81 bits per heavy atom. The predicted octanol–water partition coefficient (Wildman–Crippen LogP) is 0.909. The highest BCUT2D eigenvalue weighted by Gasteiger charge is 2.31. The van der Waals surface area contributed by atoms with Crippen LogP contribution < -0.4 is 16.0 Å². The molecule has 2 fully saturated rings. The minimum absolute atomic E-state index is 0.0999.